The minimum Gasteiger partial charge on any atom is -0.465 e. The molecule has 0 unspecified atom stereocenters. The van der Waals surface area contributed by atoms with E-state index in [9.17, 15) is 9.59 Å². The summed E-state index contributed by atoms with van der Waals surface area (Å²) in [6.45, 7) is 3.99. The van der Waals surface area contributed by atoms with Crippen molar-refractivity contribution in [2.24, 2.45) is 5.41 Å². The molecule has 0 atom stereocenters. The minimum atomic E-state index is -0.779. The van der Waals surface area contributed by atoms with Crippen molar-refractivity contribution < 1.29 is 19.1 Å². The molecule has 1 aromatic rings. The third-order valence-electron chi connectivity index (χ3n) is 3.96. The van der Waals surface area contributed by atoms with Gasteiger partial charge in [0.25, 0.3) is 0 Å². The number of hydrogen-bond donors (Lipinski definition) is 0. The van der Waals surface area contributed by atoms with Crippen LogP contribution in [0.2, 0.25) is 0 Å². The van der Waals surface area contributed by atoms with Gasteiger partial charge in [-0.25, -0.2) is 9.59 Å². The summed E-state index contributed by atoms with van der Waals surface area (Å²) < 4.78 is 10.2. The Morgan fingerprint density at radius 1 is 1.07 bits per heavy atom. The average molecular weight is 459 g/mol. The Hall–Kier alpha value is -1.79. The van der Waals surface area contributed by atoms with E-state index in [-0.39, 0.29) is 5.57 Å². The first-order valence-corrected chi connectivity index (χ1v) is 9.55. The van der Waals surface area contributed by atoms with Gasteiger partial charge in [-0.15, -0.1) is 11.6 Å². The van der Waals surface area contributed by atoms with Crippen LogP contribution in [0.5, 0.6) is 0 Å². The molecule has 0 fully saturated rings. The van der Waals surface area contributed by atoms with Crippen LogP contribution in [0.3, 0.4) is 0 Å². The number of benzene rings is 1. The van der Waals surface area contributed by atoms with Gasteiger partial charge in [-0.1, -0.05) is 44.2 Å². The number of carbonyl (C=O) groups is 2. The van der Waals surface area contributed by atoms with E-state index in [1.165, 1.54) is 14.2 Å². The largest absolute Gasteiger partial charge is 0.465 e. The first kappa shape index (κ1) is 23.2. The van der Waals surface area contributed by atoms with Crippen molar-refractivity contribution >= 4 is 45.0 Å². The van der Waals surface area contributed by atoms with Gasteiger partial charge in [0.2, 0.25) is 0 Å². The number of rotatable bonds is 7. The molecule has 0 amide bonds. The summed E-state index contributed by atoms with van der Waals surface area (Å²) in [5.74, 6) is -1.23. The quantitative estimate of drug-likeness (QED) is 0.153. The highest BCUT2D eigenvalue weighted by atomic mass is 79.9. The number of nitrogens with zero attached hydrogens (tertiary/aromatic N) is 1. The lowest BCUT2D eigenvalue weighted by atomic mass is 9.81. The average Bonchev–Trinajstić information content (AvgIpc) is 2.65. The van der Waals surface area contributed by atoms with E-state index in [1.54, 1.807) is 19.0 Å². The molecule has 27 heavy (non-hydrogen) atoms. The molecular formula is C20H25BrClNO4. The Morgan fingerprint density at radius 3 is 1.93 bits per heavy atom. The summed E-state index contributed by atoms with van der Waals surface area (Å²) in [5, 5.41) is 0. The smallest absolute Gasteiger partial charge is 0.347 e. The maximum absolute atomic E-state index is 12.4. The lowest BCUT2D eigenvalue weighted by Crippen LogP contribution is -2.26. The molecule has 0 radical (unpaired) electrons. The SMILES string of the molecule is COC(=O)C(C(=O)OC)=C(/C(Br)=C(/c1ccccc1)C(C)(C)CCl)N(C)C. The highest BCUT2D eigenvalue weighted by Gasteiger charge is 2.33. The number of alkyl halides is 1. The normalized spacial score (nSPS) is 12.0. The zero-order chi connectivity index (χ0) is 20.8. The van der Waals surface area contributed by atoms with Crippen LogP contribution in [0.1, 0.15) is 19.4 Å². The summed E-state index contributed by atoms with van der Waals surface area (Å²) in [4.78, 5) is 26.4. The Labute approximate surface area is 174 Å². The lowest BCUT2D eigenvalue weighted by Gasteiger charge is -2.30. The number of ether oxygens (including phenoxy) is 2. The van der Waals surface area contributed by atoms with Crippen LogP contribution < -0.4 is 0 Å². The van der Waals surface area contributed by atoms with E-state index < -0.39 is 17.4 Å². The van der Waals surface area contributed by atoms with E-state index in [0.29, 0.717) is 16.1 Å². The highest BCUT2D eigenvalue weighted by molar-refractivity contribution is 9.12. The van der Waals surface area contributed by atoms with Gasteiger partial charge in [0, 0.05) is 29.9 Å². The van der Waals surface area contributed by atoms with Crippen LogP contribution in [0.15, 0.2) is 46.1 Å². The van der Waals surface area contributed by atoms with E-state index in [0.717, 1.165) is 11.1 Å². The summed E-state index contributed by atoms with van der Waals surface area (Å²) in [6.07, 6.45) is 0. The van der Waals surface area contributed by atoms with Crippen molar-refractivity contribution in [2.45, 2.75) is 13.8 Å². The number of esters is 2. The fraction of sp³-hybridized carbons (Fsp3) is 0.400. The molecular weight excluding hydrogens is 434 g/mol. The third-order valence-corrected chi connectivity index (χ3v) is 5.40. The molecule has 0 bridgehead atoms. The monoisotopic (exact) mass is 457 g/mol. The van der Waals surface area contributed by atoms with Gasteiger partial charge in [-0.3, -0.25) is 0 Å². The first-order valence-electron chi connectivity index (χ1n) is 8.22. The van der Waals surface area contributed by atoms with Crippen molar-refractivity contribution in [2.75, 3.05) is 34.2 Å². The first-order chi connectivity index (χ1) is 12.6. The van der Waals surface area contributed by atoms with Crippen molar-refractivity contribution in [1.82, 2.24) is 4.90 Å². The molecule has 1 rings (SSSR count). The number of allylic oxidation sites excluding steroid dienone is 2. The molecule has 148 valence electrons. The number of hydrogen-bond acceptors (Lipinski definition) is 5. The molecule has 0 saturated heterocycles. The fourth-order valence-corrected chi connectivity index (χ4v) is 4.07. The molecule has 0 aromatic heterocycles. The van der Waals surface area contributed by atoms with Crippen molar-refractivity contribution in [3.8, 4) is 0 Å². The predicted molar refractivity (Wildman–Crippen MR) is 112 cm³/mol. The second kappa shape index (κ2) is 9.95. The molecule has 0 saturated carbocycles. The van der Waals surface area contributed by atoms with Gasteiger partial charge >= 0.3 is 11.9 Å². The summed E-state index contributed by atoms with van der Waals surface area (Å²) in [6, 6.07) is 9.66. The lowest BCUT2D eigenvalue weighted by molar-refractivity contribution is -0.144. The Balaban J connectivity index is 3.98. The summed E-state index contributed by atoms with van der Waals surface area (Å²) in [7, 11) is 5.91. The van der Waals surface area contributed by atoms with Crippen LogP contribution in [-0.2, 0) is 19.1 Å². The molecule has 0 spiro atoms. The van der Waals surface area contributed by atoms with E-state index in [4.69, 9.17) is 21.1 Å². The Kier molecular flexibility index (Phi) is 8.57. The summed E-state index contributed by atoms with van der Waals surface area (Å²) >= 11 is 9.88. The van der Waals surface area contributed by atoms with Crippen molar-refractivity contribution in [1.29, 1.82) is 0 Å². The topological polar surface area (TPSA) is 55.8 Å². The highest BCUT2D eigenvalue weighted by Crippen LogP contribution is 2.43. The summed E-state index contributed by atoms with van der Waals surface area (Å²) in [5.41, 5.74) is 1.47. The maximum atomic E-state index is 12.4. The molecule has 0 N–H and O–H groups in total. The van der Waals surface area contributed by atoms with Gasteiger partial charge in [0.1, 0.15) is 0 Å². The van der Waals surface area contributed by atoms with Gasteiger partial charge < -0.3 is 14.4 Å². The van der Waals surface area contributed by atoms with Gasteiger partial charge in [-0.05, 0) is 27.1 Å². The maximum Gasteiger partial charge on any atom is 0.347 e. The minimum absolute atomic E-state index is 0.198. The third kappa shape index (κ3) is 5.36. The predicted octanol–water partition coefficient (Wildman–Crippen LogP) is 4.22. The van der Waals surface area contributed by atoms with Crippen LogP contribution in [0.25, 0.3) is 5.57 Å². The molecule has 1 aromatic carbocycles. The Morgan fingerprint density at radius 2 is 1.56 bits per heavy atom. The van der Waals surface area contributed by atoms with Gasteiger partial charge in [-0.2, -0.15) is 0 Å². The van der Waals surface area contributed by atoms with Crippen LogP contribution >= 0.6 is 27.5 Å². The second-order valence-corrected chi connectivity index (χ2v) is 7.73. The molecule has 5 nitrogen and oxygen atoms in total. The number of methoxy groups -OCH3 is 2. The van der Waals surface area contributed by atoms with Crippen LogP contribution in [0, 0.1) is 5.41 Å². The molecule has 0 aliphatic rings. The zero-order valence-corrected chi connectivity index (χ0v) is 18.8. The number of likely N-dealkylation sites (N-methyl/N-ethyl adjacent to an activating group) is 1. The van der Waals surface area contributed by atoms with Crippen molar-refractivity contribution in [3.05, 3.63) is 51.6 Å². The molecule has 0 heterocycles. The molecule has 0 aliphatic carbocycles. The van der Waals surface area contributed by atoms with Gasteiger partial charge in [0.15, 0.2) is 5.57 Å². The Bertz CT molecular complexity index is 737. The zero-order valence-electron chi connectivity index (χ0n) is 16.4. The molecule has 7 heteroatoms. The van der Waals surface area contributed by atoms with Crippen LogP contribution in [0.4, 0.5) is 0 Å². The van der Waals surface area contributed by atoms with Gasteiger partial charge in [0.05, 0.1) is 19.9 Å². The standard InChI is InChI=1S/C20H25BrClNO4/c1-20(2,12-22)15(13-10-8-7-9-11-13)16(21)17(23(3)4)14(18(24)26-5)19(25)27-6/h7-11H,12H2,1-6H3/b16-15+. The van der Waals surface area contributed by atoms with E-state index in [2.05, 4.69) is 15.9 Å². The number of carbonyl (C=O) groups excluding carboxylic acids is 2. The molecule has 0 aliphatic heterocycles. The van der Waals surface area contributed by atoms with E-state index in [1.807, 2.05) is 44.2 Å². The van der Waals surface area contributed by atoms with Crippen molar-refractivity contribution in [3.63, 3.8) is 0 Å². The van der Waals surface area contributed by atoms with E-state index >= 15 is 0 Å². The fourth-order valence-electron chi connectivity index (χ4n) is 2.62. The van der Waals surface area contributed by atoms with Crippen LogP contribution in [-0.4, -0.2) is 51.0 Å². The second-order valence-electron chi connectivity index (χ2n) is 6.67. The number of halogens is 2.